The fourth-order valence-corrected chi connectivity index (χ4v) is 3.88. The number of aromatic nitrogens is 3. The van der Waals surface area contributed by atoms with Crippen molar-refractivity contribution in [2.75, 3.05) is 12.1 Å². The summed E-state index contributed by atoms with van der Waals surface area (Å²) in [5, 5.41) is 18.2. The lowest BCUT2D eigenvalue weighted by Gasteiger charge is -2.23. The number of aliphatic hydroxyl groups is 1. The molecular formula is C23H25FN4O4. The Bertz CT molecular complexity index is 1200. The monoisotopic (exact) mass is 440 g/mol. The number of carbonyl (C=O) groups excluding carboxylic acids is 1. The standard InChI is InChI=1S/C23H25FN4O4/c1-23(2,30)8-9-28-21-16(20(27-28)26-22(29)13-4-3-5-13)10-14(11-25-21)15-6-7-17-19(18(15)24)32-12-31-17/h6-7,10-11,13,30H,3-5,8-9,12H2,1-2H3,(H,26,27,29). The molecule has 2 aliphatic rings. The summed E-state index contributed by atoms with van der Waals surface area (Å²) in [6.45, 7) is 3.86. The van der Waals surface area contributed by atoms with Crippen LogP contribution < -0.4 is 14.8 Å². The number of carbonyl (C=O) groups is 1. The van der Waals surface area contributed by atoms with E-state index < -0.39 is 11.4 Å². The van der Waals surface area contributed by atoms with Gasteiger partial charge in [-0.05, 0) is 51.3 Å². The number of hydrogen-bond donors (Lipinski definition) is 2. The van der Waals surface area contributed by atoms with Gasteiger partial charge < -0.3 is 19.9 Å². The number of anilines is 1. The molecule has 2 aromatic heterocycles. The van der Waals surface area contributed by atoms with Gasteiger partial charge in [0.25, 0.3) is 0 Å². The largest absolute Gasteiger partial charge is 0.453 e. The number of pyridine rings is 1. The molecule has 32 heavy (non-hydrogen) atoms. The molecule has 1 fully saturated rings. The number of rotatable bonds is 6. The van der Waals surface area contributed by atoms with Crippen molar-refractivity contribution in [3.8, 4) is 22.6 Å². The van der Waals surface area contributed by atoms with Crippen LogP contribution >= 0.6 is 0 Å². The van der Waals surface area contributed by atoms with Crippen LogP contribution in [-0.2, 0) is 11.3 Å². The molecule has 0 saturated heterocycles. The highest BCUT2D eigenvalue weighted by molar-refractivity contribution is 6.01. The van der Waals surface area contributed by atoms with Crippen molar-refractivity contribution < 1.29 is 23.8 Å². The predicted octanol–water partition coefficient (Wildman–Crippen LogP) is 3.87. The molecule has 0 spiro atoms. The molecule has 1 amide bonds. The Morgan fingerprint density at radius 1 is 1.34 bits per heavy atom. The number of hydrogen-bond acceptors (Lipinski definition) is 6. The summed E-state index contributed by atoms with van der Waals surface area (Å²) in [5.74, 6) is 0.257. The summed E-state index contributed by atoms with van der Waals surface area (Å²) in [7, 11) is 0. The molecule has 3 heterocycles. The van der Waals surface area contributed by atoms with Crippen LogP contribution in [0.4, 0.5) is 10.2 Å². The topological polar surface area (TPSA) is 98.5 Å². The highest BCUT2D eigenvalue weighted by Gasteiger charge is 2.27. The van der Waals surface area contributed by atoms with E-state index in [1.807, 2.05) is 0 Å². The predicted molar refractivity (Wildman–Crippen MR) is 116 cm³/mol. The highest BCUT2D eigenvalue weighted by atomic mass is 19.1. The van der Waals surface area contributed by atoms with E-state index >= 15 is 4.39 Å². The minimum Gasteiger partial charge on any atom is -0.453 e. The van der Waals surface area contributed by atoms with Crippen molar-refractivity contribution in [2.24, 2.45) is 5.92 Å². The Morgan fingerprint density at radius 3 is 2.88 bits per heavy atom. The van der Waals surface area contributed by atoms with Crippen molar-refractivity contribution >= 4 is 22.8 Å². The third-order valence-corrected chi connectivity index (χ3v) is 6.03. The van der Waals surface area contributed by atoms with E-state index in [0.29, 0.717) is 46.7 Å². The number of aryl methyl sites for hydroxylation is 1. The molecule has 1 aliphatic heterocycles. The van der Waals surface area contributed by atoms with Gasteiger partial charge in [-0.2, -0.15) is 5.10 Å². The van der Waals surface area contributed by atoms with Gasteiger partial charge in [-0.15, -0.1) is 0 Å². The Balaban J connectivity index is 1.55. The quantitative estimate of drug-likeness (QED) is 0.604. The van der Waals surface area contributed by atoms with Crippen molar-refractivity contribution in [2.45, 2.75) is 51.7 Å². The Labute approximate surface area is 184 Å². The Morgan fingerprint density at radius 2 is 2.16 bits per heavy atom. The molecular weight excluding hydrogens is 415 g/mol. The Kier molecular flexibility index (Phi) is 5.00. The fourth-order valence-electron chi connectivity index (χ4n) is 3.88. The summed E-state index contributed by atoms with van der Waals surface area (Å²) in [4.78, 5) is 17.1. The average molecular weight is 440 g/mol. The van der Waals surface area contributed by atoms with Gasteiger partial charge in [0.15, 0.2) is 23.0 Å². The van der Waals surface area contributed by atoms with Gasteiger partial charge in [-0.1, -0.05) is 6.42 Å². The number of amides is 1. The fraction of sp³-hybridized carbons (Fsp3) is 0.435. The molecule has 1 saturated carbocycles. The van der Waals surface area contributed by atoms with E-state index in [1.165, 1.54) is 0 Å². The number of nitrogens with one attached hydrogen (secondary N) is 1. The first-order valence-electron chi connectivity index (χ1n) is 10.8. The zero-order valence-corrected chi connectivity index (χ0v) is 18.0. The van der Waals surface area contributed by atoms with Crippen LogP contribution in [0.2, 0.25) is 0 Å². The highest BCUT2D eigenvalue weighted by Crippen LogP contribution is 2.40. The van der Waals surface area contributed by atoms with Crippen LogP contribution in [0.5, 0.6) is 11.5 Å². The van der Waals surface area contributed by atoms with E-state index in [9.17, 15) is 9.90 Å². The minimum absolute atomic E-state index is 0.00554. The van der Waals surface area contributed by atoms with Crippen molar-refractivity contribution in [3.63, 3.8) is 0 Å². The maximum Gasteiger partial charge on any atom is 0.231 e. The van der Waals surface area contributed by atoms with E-state index in [4.69, 9.17) is 9.47 Å². The number of fused-ring (bicyclic) bond motifs is 2. The lowest BCUT2D eigenvalue weighted by molar-refractivity contribution is -0.122. The molecule has 3 aromatic rings. The molecule has 9 heteroatoms. The summed E-state index contributed by atoms with van der Waals surface area (Å²) < 4.78 is 27.2. The molecule has 168 valence electrons. The average Bonchev–Trinajstić information content (AvgIpc) is 3.30. The molecule has 1 aromatic carbocycles. The van der Waals surface area contributed by atoms with Crippen LogP contribution in [0.1, 0.15) is 39.5 Å². The molecule has 0 unspecified atom stereocenters. The molecule has 8 nitrogen and oxygen atoms in total. The second-order valence-corrected chi connectivity index (χ2v) is 9.01. The number of nitrogens with zero attached hydrogens (tertiary/aromatic N) is 3. The molecule has 1 aliphatic carbocycles. The Hall–Kier alpha value is -3.20. The maximum absolute atomic E-state index is 15.0. The van der Waals surface area contributed by atoms with E-state index in [1.54, 1.807) is 42.9 Å². The maximum atomic E-state index is 15.0. The van der Waals surface area contributed by atoms with Gasteiger partial charge >= 0.3 is 0 Å². The molecule has 0 bridgehead atoms. The summed E-state index contributed by atoms with van der Waals surface area (Å²) in [6.07, 6.45) is 4.82. The lowest BCUT2D eigenvalue weighted by atomic mass is 9.85. The van der Waals surface area contributed by atoms with Gasteiger partial charge in [0.1, 0.15) is 0 Å². The van der Waals surface area contributed by atoms with Gasteiger partial charge in [-0.3, -0.25) is 4.79 Å². The number of ether oxygens (including phenoxy) is 2. The summed E-state index contributed by atoms with van der Waals surface area (Å²) >= 11 is 0. The third kappa shape index (κ3) is 3.77. The molecule has 5 rings (SSSR count). The first kappa shape index (κ1) is 20.7. The van der Waals surface area contributed by atoms with Crippen LogP contribution in [0, 0.1) is 11.7 Å². The normalized spacial score (nSPS) is 15.8. The van der Waals surface area contributed by atoms with Crippen LogP contribution in [0.15, 0.2) is 24.4 Å². The van der Waals surface area contributed by atoms with Gasteiger partial charge in [-0.25, -0.2) is 14.1 Å². The SMILES string of the molecule is CC(C)(O)CCn1nc(NC(=O)C2CCC2)c2cc(-c3ccc4c(c3F)OCO4)cnc21. The van der Waals surface area contributed by atoms with Gasteiger partial charge in [0.2, 0.25) is 18.4 Å². The second-order valence-electron chi connectivity index (χ2n) is 9.01. The van der Waals surface area contributed by atoms with Gasteiger partial charge in [0.05, 0.1) is 11.0 Å². The van der Waals surface area contributed by atoms with Gasteiger partial charge in [0, 0.05) is 29.8 Å². The number of halogens is 1. The smallest absolute Gasteiger partial charge is 0.231 e. The zero-order chi connectivity index (χ0) is 22.5. The van der Waals surface area contributed by atoms with E-state index in [0.717, 1.165) is 19.3 Å². The van der Waals surface area contributed by atoms with E-state index in [2.05, 4.69) is 15.4 Å². The van der Waals surface area contributed by atoms with Crippen molar-refractivity contribution in [1.82, 2.24) is 14.8 Å². The summed E-state index contributed by atoms with van der Waals surface area (Å²) in [5.41, 5.74) is 0.546. The minimum atomic E-state index is -0.872. The second kappa shape index (κ2) is 7.74. The van der Waals surface area contributed by atoms with Crippen LogP contribution in [0.3, 0.4) is 0 Å². The zero-order valence-electron chi connectivity index (χ0n) is 18.0. The molecule has 2 N–H and O–H groups in total. The number of benzene rings is 1. The molecule has 0 radical (unpaired) electrons. The first-order chi connectivity index (χ1) is 15.3. The third-order valence-electron chi connectivity index (χ3n) is 6.03. The summed E-state index contributed by atoms with van der Waals surface area (Å²) in [6, 6.07) is 5.06. The molecule has 0 atom stereocenters. The van der Waals surface area contributed by atoms with Crippen LogP contribution in [-0.4, -0.2) is 38.2 Å². The van der Waals surface area contributed by atoms with Crippen molar-refractivity contribution in [3.05, 3.63) is 30.2 Å². The first-order valence-corrected chi connectivity index (χ1v) is 10.8. The lowest BCUT2D eigenvalue weighted by Crippen LogP contribution is -2.28. The van der Waals surface area contributed by atoms with Crippen molar-refractivity contribution in [1.29, 1.82) is 0 Å². The van der Waals surface area contributed by atoms with Crippen LogP contribution in [0.25, 0.3) is 22.2 Å². The van der Waals surface area contributed by atoms with E-state index in [-0.39, 0.29) is 24.4 Å².